The van der Waals surface area contributed by atoms with E-state index in [4.69, 9.17) is 9.47 Å². The summed E-state index contributed by atoms with van der Waals surface area (Å²) in [4.78, 5) is 0. The van der Waals surface area contributed by atoms with E-state index >= 15 is 4.39 Å². The zero-order valence-corrected chi connectivity index (χ0v) is 19.0. The molecule has 0 aromatic heterocycles. The fraction of sp³-hybridized carbons (Fsp3) is 0.760. The van der Waals surface area contributed by atoms with Gasteiger partial charge in [0.15, 0.2) is 0 Å². The van der Waals surface area contributed by atoms with Crippen LogP contribution in [-0.4, -0.2) is 18.8 Å². The summed E-state index contributed by atoms with van der Waals surface area (Å²) in [6.07, 6.45) is 0.452. The van der Waals surface area contributed by atoms with Crippen molar-refractivity contribution in [3.8, 4) is 0 Å². The van der Waals surface area contributed by atoms with Gasteiger partial charge in [0.05, 0.1) is 29.9 Å². The molecule has 1 saturated heterocycles. The molecule has 32 heavy (non-hydrogen) atoms. The van der Waals surface area contributed by atoms with Crippen molar-refractivity contribution in [2.45, 2.75) is 109 Å². The minimum absolute atomic E-state index is 0.00448. The van der Waals surface area contributed by atoms with Crippen LogP contribution in [0.15, 0.2) is 12.1 Å². The lowest BCUT2D eigenvalue weighted by Gasteiger charge is -2.32. The fourth-order valence-corrected chi connectivity index (χ4v) is 5.03. The number of hydrogen-bond donors (Lipinski definition) is 0. The minimum Gasteiger partial charge on any atom is -0.378 e. The van der Waals surface area contributed by atoms with Crippen LogP contribution in [0.25, 0.3) is 0 Å². The summed E-state index contributed by atoms with van der Waals surface area (Å²) in [5, 5.41) is 0. The molecule has 0 spiro atoms. The van der Waals surface area contributed by atoms with E-state index in [2.05, 4.69) is 6.92 Å². The lowest BCUT2D eigenvalue weighted by atomic mass is 9.84. The normalized spacial score (nSPS) is 27.1. The Morgan fingerprint density at radius 2 is 1.78 bits per heavy atom. The second-order valence-corrected chi connectivity index (χ2v) is 9.42. The molecule has 182 valence electrons. The van der Waals surface area contributed by atoms with Crippen LogP contribution in [0.2, 0.25) is 0 Å². The highest BCUT2D eigenvalue weighted by molar-refractivity contribution is 5.39. The molecule has 1 aliphatic heterocycles. The molecule has 0 amide bonds. The highest BCUT2D eigenvalue weighted by Gasteiger charge is 2.42. The van der Waals surface area contributed by atoms with Crippen molar-refractivity contribution in [3.63, 3.8) is 0 Å². The molecule has 0 radical (unpaired) electrons. The van der Waals surface area contributed by atoms with Crippen molar-refractivity contribution < 1.29 is 31.4 Å². The van der Waals surface area contributed by atoms with Gasteiger partial charge in [-0.15, -0.1) is 0 Å². The molecule has 2 atom stereocenters. The second kappa shape index (κ2) is 11.3. The minimum atomic E-state index is -3.95. The first kappa shape index (κ1) is 25.4. The molecule has 1 aromatic carbocycles. The summed E-state index contributed by atoms with van der Waals surface area (Å²) in [7, 11) is 0. The Morgan fingerprint density at radius 1 is 1.06 bits per heavy atom. The monoisotopic (exact) mass is 462 g/mol. The molecule has 0 N–H and O–H groups in total. The van der Waals surface area contributed by atoms with Gasteiger partial charge < -0.3 is 9.47 Å². The predicted molar refractivity (Wildman–Crippen MR) is 114 cm³/mol. The van der Waals surface area contributed by atoms with Crippen molar-refractivity contribution >= 4 is 0 Å². The quantitative estimate of drug-likeness (QED) is 0.272. The van der Waals surface area contributed by atoms with Gasteiger partial charge in [-0.2, -0.15) is 8.78 Å². The van der Waals surface area contributed by atoms with E-state index in [9.17, 15) is 17.6 Å². The maximum Gasteiger partial charge on any atom is 0.386 e. The molecule has 1 heterocycles. The van der Waals surface area contributed by atoms with E-state index in [1.807, 2.05) is 6.92 Å². The molecule has 2 aliphatic rings. The maximum absolute atomic E-state index is 15.0. The van der Waals surface area contributed by atoms with Gasteiger partial charge in [-0.25, -0.2) is 13.2 Å². The summed E-state index contributed by atoms with van der Waals surface area (Å²) in [5.41, 5.74) is -2.00. The van der Waals surface area contributed by atoms with E-state index in [0.29, 0.717) is 31.6 Å². The van der Waals surface area contributed by atoms with E-state index in [1.165, 1.54) is 12.5 Å². The third-order valence-electron chi connectivity index (χ3n) is 7.01. The van der Waals surface area contributed by atoms with E-state index in [1.54, 1.807) is 0 Å². The molecule has 7 heteroatoms. The Hall–Kier alpha value is -1.21. The van der Waals surface area contributed by atoms with Gasteiger partial charge in [0.2, 0.25) is 0 Å². The van der Waals surface area contributed by atoms with Gasteiger partial charge >= 0.3 is 6.11 Å². The van der Waals surface area contributed by atoms with Crippen molar-refractivity contribution in [1.29, 1.82) is 0 Å². The zero-order valence-electron chi connectivity index (χ0n) is 19.0. The van der Waals surface area contributed by atoms with Crippen molar-refractivity contribution in [1.82, 2.24) is 0 Å². The first-order chi connectivity index (χ1) is 15.2. The van der Waals surface area contributed by atoms with Crippen LogP contribution < -0.4 is 0 Å². The topological polar surface area (TPSA) is 18.5 Å². The lowest BCUT2D eigenvalue weighted by molar-refractivity contribution is -0.279. The maximum atomic E-state index is 15.0. The first-order valence-electron chi connectivity index (χ1n) is 12.0. The lowest BCUT2D eigenvalue weighted by Crippen LogP contribution is -2.31. The summed E-state index contributed by atoms with van der Waals surface area (Å²) >= 11 is 0. The van der Waals surface area contributed by atoms with Crippen molar-refractivity contribution in [3.05, 3.63) is 34.6 Å². The second-order valence-electron chi connectivity index (χ2n) is 9.42. The van der Waals surface area contributed by atoms with E-state index in [0.717, 1.165) is 38.2 Å². The van der Waals surface area contributed by atoms with Crippen LogP contribution in [0, 0.1) is 11.7 Å². The SMILES string of the molecule is CCCCCC1CCC(OC(F)(F)c2ccc(C3CCC(C)OC3)c(C(F)F)c2F)CC1. The van der Waals surface area contributed by atoms with Crippen LogP contribution in [0.3, 0.4) is 0 Å². The van der Waals surface area contributed by atoms with Crippen LogP contribution in [-0.2, 0) is 15.6 Å². The third kappa shape index (κ3) is 6.22. The average Bonchev–Trinajstić information content (AvgIpc) is 2.75. The summed E-state index contributed by atoms with van der Waals surface area (Å²) < 4.78 is 82.8. The third-order valence-corrected chi connectivity index (χ3v) is 7.01. The van der Waals surface area contributed by atoms with Gasteiger partial charge in [0.25, 0.3) is 6.43 Å². The van der Waals surface area contributed by atoms with E-state index < -0.39 is 41.5 Å². The molecular weight excluding hydrogens is 427 g/mol. The summed E-state index contributed by atoms with van der Waals surface area (Å²) in [6.45, 7) is 4.19. The Kier molecular flexibility index (Phi) is 8.96. The number of rotatable bonds is 9. The Bertz CT molecular complexity index is 723. The Labute approximate surface area is 187 Å². The predicted octanol–water partition coefficient (Wildman–Crippen LogP) is 8.25. The smallest absolute Gasteiger partial charge is 0.378 e. The van der Waals surface area contributed by atoms with Crippen LogP contribution in [0.5, 0.6) is 0 Å². The van der Waals surface area contributed by atoms with Gasteiger partial charge in [-0.3, -0.25) is 0 Å². The molecule has 1 aromatic rings. The molecule has 0 bridgehead atoms. The van der Waals surface area contributed by atoms with Crippen molar-refractivity contribution in [2.24, 2.45) is 5.92 Å². The van der Waals surface area contributed by atoms with Gasteiger partial charge in [-0.1, -0.05) is 38.7 Å². The highest BCUT2D eigenvalue weighted by atomic mass is 19.3. The molecular formula is C25H35F5O2. The van der Waals surface area contributed by atoms with Gasteiger partial charge in [0, 0.05) is 5.92 Å². The summed E-state index contributed by atoms with van der Waals surface area (Å²) in [6, 6.07) is 2.11. The summed E-state index contributed by atoms with van der Waals surface area (Å²) in [5.74, 6) is -1.48. The van der Waals surface area contributed by atoms with Crippen molar-refractivity contribution in [2.75, 3.05) is 6.61 Å². The fourth-order valence-electron chi connectivity index (χ4n) is 5.03. The highest BCUT2D eigenvalue weighted by Crippen LogP contribution is 2.42. The number of ether oxygens (including phenoxy) is 2. The standard InChI is InChI=1S/C25H35F5O2/c1-3-4-5-6-17-8-11-19(12-9-17)32-25(29,30)21-14-13-20(22(23(21)26)24(27)28)18-10-7-16(2)31-15-18/h13-14,16-19,24H,3-12,15H2,1-2H3. The van der Waals surface area contributed by atoms with Crippen LogP contribution in [0.4, 0.5) is 22.0 Å². The first-order valence-corrected chi connectivity index (χ1v) is 12.0. The van der Waals surface area contributed by atoms with Crippen LogP contribution in [0.1, 0.15) is 107 Å². The molecule has 1 aliphatic carbocycles. The average molecular weight is 463 g/mol. The molecule has 2 unspecified atom stereocenters. The Balaban J connectivity index is 1.70. The number of unbranched alkanes of at least 4 members (excludes halogenated alkanes) is 2. The van der Waals surface area contributed by atoms with E-state index in [-0.39, 0.29) is 18.3 Å². The Morgan fingerprint density at radius 3 is 2.38 bits per heavy atom. The number of alkyl halides is 4. The molecule has 2 nitrogen and oxygen atoms in total. The molecule has 1 saturated carbocycles. The molecule has 2 fully saturated rings. The number of benzene rings is 1. The van der Waals surface area contributed by atoms with Crippen LogP contribution >= 0.6 is 0 Å². The van der Waals surface area contributed by atoms with Gasteiger partial charge in [0.1, 0.15) is 5.82 Å². The zero-order chi connectivity index (χ0) is 23.3. The largest absolute Gasteiger partial charge is 0.386 e. The molecule has 3 rings (SSSR count). The number of hydrogen-bond acceptors (Lipinski definition) is 2. The van der Waals surface area contributed by atoms with Gasteiger partial charge in [-0.05, 0) is 63.0 Å². The number of halogens is 5.